The molecular formula is C15H18Cl2N4OS. The lowest BCUT2D eigenvalue weighted by molar-refractivity contribution is -0.134. The van der Waals surface area contributed by atoms with E-state index in [1.807, 2.05) is 4.90 Å². The number of halogens is 2. The molecule has 3 rings (SSSR count). The molecule has 5 nitrogen and oxygen atoms in total. The Morgan fingerprint density at radius 2 is 2.00 bits per heavy atom. The van der Waals surface area contributed by atoms with Crippen molar-refractivity contribution >= 4 is 46.5 Å². The summed E-state index contributed by atoms with van der Waals surface area (Å²) in [5.41, 5.74) is 0.547. The van der Waals surface area contributed by atoms with Crippen molar-refractivity contribution < 1.29 is 4.79 Å². The van der Waals surface area contributed by atoms with Gasteiger partial charge in [-0.05, 0) is 39.2 Å². The van der Waals surface area contributed by atoms with Gasteiger partial charge in [0.25, 0.3) is 0 Å². The van der Waals surface area contributed by atoms with Gasteiger partial charge in [-0.25, -0.2) is 0 Å². The van der Waals surface area contributed by atoms with Crippen LogP contribution in [0.5, 0.6) is 0 Å². The van der Waals surface area contributed by atoms with Gasteiger partial charge in [0.2, 0.25) is 5.91 Å². The van der Waals surface area contributed by atoms with Gasteiger partial charge in [0.1, 0.15) is 0 Å². The Hall–Kier alpha value is -0.980. The van der Waals surface area contributed by atoms with Crippen molar-refractivity contribution in [3.63, 3.8) is 0 Å². The first-order valence-corrected chi connectivity index (χ1v) is 9.35. The number of fused-ring (bicyclic) bond motifs is 1. The Morgan fingerprint density at radius 3 is 2.70 bits per heavy atom. The second-order valence-electron chi connectivity index (χ2n) is 5.90. The Labute approximate surface area is 149 Å². The van der Waals surface area contributed by atoms with Crippen molar-refractivity contribution in [1.29, 1.82) is 0 Å². The van der Waals surface area contributed by atoms with Crippen LogP contribution in [0.2, 0.25) is 10.0 Å². The number of likely N-dealkylation sites (tertiary alicyclic amines) is 1. The highest BCUT2D eigenvalue weighted by Gasteiger charge is 2.29. The van der Waals surface area contributed by atoms with Crippen molar-refractivity contribution in [2.45, 2.75) is 50.4 Å². The first-order valence-electron chi connectivity index (χ1n) is 7.61. The molecule has 1 aliphatic heterocycles. The maximum absolute atomic E-state index is 12.6. The molecule has 23 heavy (non-hydrogen) atoms. The van der Waals surface area contributed by atoms with Gasteiger partial charge >= 0.3 is 0 Å². The quantitative estimate of drug-likeness (QED) is 0.766. The summed E-state index contributed by atoms with van der Waals surface area (Å²) in [5.74, 6) is 0.471. The fourth-order valence-corrected chi connectivity index (χ4v) is 4.40. The number of carbonyl (C=O) groups excluding carboxylic acids is 1. The zero-order chi connectivity index (χ0) is 16.6. The number of aromatic nitrogens is 3. The molecule has 0 saturated carbocycles. The molecule has 0 bridgehead atoms. The van der Waals surface area contributed by atoms with E-state index in [-0.39, 0.29) is 5.91 Å². The van der Waals surface area contributed by atoms with E-state index in [0.717, 1.165) is 12.8 Å². The standard InChI is InChI=1S/C15H18Cl2N4OS/c1-9-4-3-5-10(2)21(9)13(22)8-23-15-19-18-14-12(17)6-11(16)7-20(14)15/h6-7,9-10H,3-5,8H2,1-2H3/t9-,10+. The number of rotatable bonds is 3. The van der Waals surface area contributed by atoms with Crippen LogP contribution >= 0.6 is 35.0 Å². The van der Waals surface area contributed by atoms with Crippen LogP contribution in [0.4, 0.5) is 0 Å². The topological polar surface area (TPSA) is 50.5 Å². The van der Waals surface area contributed by atoms with Crippen molar-refractivity contribution in [2.75, 3.05) is 5.75 Å². The molecular weight excluding hydrogens is 355 g/mol. The van der Waals surface area contributed by atoms with Crippen molar-refractivity contribution in [2.24, 2.45) is 0 Å². The van der Waals surface area contributed by atoms with Crippen LogP contribution in [0.15, 0.2) is 17.4 Å². The number of carbonyl (C=O) groups is 1. The third-order valence-corrected chi connectivity index (χ3v) is 5.61. The zero-order valence-corrected chi connectivity index (χ0v) is 15.3. The molecule has 8 heteroatoms. The van der Waals surface area contributed by atoms with E-state index in [0.29, 0.717) is 38.7 Å². The second-order valence-corrected chi connectivity index (χ2v) is 7.69. The molecule has 0 spiro atoms. The van der Waals surface area contributed by atoms with E-state index in [1.165, 1.54) is 18.2 Å². The Kier molecular flexibility index (Phi) is 5.04. The summed E-state index contributed by atoms with van der Waals surface area (Å²) in [6, 6.07) is 2.22. The van der Waals surface area contributed by atoms with E-state index in [9.17, 15) is 4.79 Å². The molecule has 2 aromatic heterocycles. The minimum atomic E-state index is 0.138. The van der Waals surface area contributed by atoms with E-state index in [1.54, 1.807) is 16.7 Å². The van der Waals surface area contributed by atoms with Crippen LogP contribution in [-0.2, 0) is 4.79 Å². The highest BCUT2D eigenvalue weighted by Crippen LogP contribution is 2.27. The van der Waals surface area contributed by atoms with Gasteiger partial charge in [-0.1, -0.05) is 35.0 Å². The predicted octanol–water partition coefficient (Wildman–Crippen LogP) is 3.92. The van der Waals surface area contributed by atoms with Gasteiger partial charge in [-0.2, -0.15) is 0 Å². The smallest absolute Gasteiger partial charge is 0.233 e. The van der Waals surface area contributed by atoms with E-state index in [2.05, 4.69) is 24.0 Å². The van der Waals surface area contributed by atoms with Crippen molar-refractivity contribution in [1.82, 2.24) is 19.5 Å². The summed E-state index contributed by atoms with van der Waals surface area (Å²) in [5, 5.41) is 9.75. The Bertz CT molecular complexity index is 726. The molecule has 0 aromatic carbocycles. The highest BCUT2D eigenvalue weighted by atomic mass is 35.5. The predicted molar refractivity (Wildman–Crippen MR) is 93.4 cm³/mol. The molecule has 0 radical (unpaired) electrons. The van der Waals surface area contributed by atoms with Gasteiger partial charge in [0.05, 0.1) is 15.8 Å². The minimum absolute atomic E-state index is 0.138. The summed E-state index contributed by atoms with van der Waals surface area (Å²) in [6.45, 7) is 4.23. The number of piperidine rings is 1. The average Bonchev–Trinajstić information content (AvgIpc) is 2.88. The minimum Gasteiger partial charge on any atom is -0.337 e. The molecule has 2 atom stereocenters. The normalized spacial score (nSPS) is 21.8. The molecule has 0 aliphatic carbocycles. The van der Waals surface area contributed by atoms with Crippen molar-refractivity contribution in [3.8, 4) is 0 Å². The third kappa shape index (κ3) is 3.44. The first-order chi connectivity index (χ1) is 11.0. The maximum Gasteiger partial charge on any atom is 0.233 e. The number of nitrogens with zero attached hydrogens (tertiary/aromatic N) is 4. The van der Waals surface area contributed by atoms with E-state index in [4.69, 9.17) is 23.2 Å². The van der Waals surface area contributed by atoms with Crippen LogP contribution in [0, 0.1) is 0 Å². The van der Waals surface area contributed by atoms with Crippen LogP contribution in [0.3, 0.4) is 0 Å². The number of pyridine rings is 1. The lowest BCUT2D eigenvalue weighted by Gasteiger charge is -2.39. The van der Waals surface area contributed by atoms with Crippen molar-refractivity contribution in [3.05, 3.63) is 22.3 Å². The van der Waals surface area contributed by atoms with E-state index < -0.39 is 0 Å². The molecule has 3 heterocycles. The van der Waals surface area contributed by atoms with E-state index >= 15 is 0 Å². The maximum atomic E-state index is 12.6. The molecule has 1 saturated heterocycles. The van der Waals surface area contributed by atoms with Gasteiger partial charge in [-0.3, -0.25) is 9.20 Å². The molecule has 1 aliphatic rings. The fourth-order valence-electron chi connectivity index (χ4n) is 3.11. The molecule has 1 fully saturated rings. The monoisotopic (exact) mass is 372 g/mol. The van der Waals surface area contributed by atoms with Crippen LogP contribution in [0.1, 0.15) is 33.1 Å². The third-order valence-electron chi connectivity index (χ3n) is 4.20. The number of hydrogen-bond donors (Lipinski definition) is 0. The van der Waals surface area contributed by atoms with Gasteiger partial charge < -0.3 is 4.90 Å². The summed E-state index contributed by atoms with van der Waals surface area (Å²) in [4.78, 5) is 14.6. The van der Waals surface area contributed by atoms with Crippen LogP contribution in [-0.4, -0.2) is 43.2 Å². The van der Waals surface area contributed by atoms with Crippen LogP contribution < -0.4 is 0 Å². The lowest BCUT2D eigenvalue weighted by atomic mass is 9.98. The molecule has 2 aromatic rings. The first kappa shape index (κ1) is 16.9. The molecule has 124 valence electrons. The molecule has 0 N–H and O–H groups in total. The number of amides is 1. The van der Waals surface area contributed by atoms with Crippen LogP contribution in [0.25, 0.3) is 5.65 Å². The Morgan fingerprint density at radius 1 is 1.30 bits per heavy atom. The molecule has 0 unspecified atom stereocenters. The molecule has 1 amide bonds. The largest absolute Gasteiger partial charge is 0.337 e. The number of hydrogen-bond acceptors (Lipinski definition) is 4. The summed E-state index contributed by atoms with van der Waals surface area (Å²) >= 11 is 13.5. The SMILES string of the molecule is C[C@@H]1CCC[C@H](C)N1C(=O)CSc1nnc2c(Cl)cc(Cl)cn12. The van der Waals surface area contributed by atoms with Gasteiger partial charge in [0, 0.05) is 18.3 Å². The Balaban J connectivity index is 1.74. The highest BCUT2D eigenvalue weighted by molar-refractivity contribution is 7.99. The van der Waals surface area contributed by atoms with Gasteiger partial charge in [-0.15, -0.1) is 10.2 Å². The fraction of sp³-hybridized carbons (Fsp3) is 0.533. The van der Waals surface area contributed by atoms with Gasteiger partial charge in [0.15, 0.2) is 10.8 Å². The number of thioether (sulfide) groups is 1. The summed E-state index contributed by atoms with van der Waals surface area (Å²) in [7, 11) is 0. The average molecular weight is 373 g/mol. The summed E-state index contributed by atoms with van der Waals surface area (Å²) in [6.07, 6.45) is 5.03. The summed E-state index contributed by atoms with van der Waals surface area (Å²) < 4.78 is 1.73. The lowest BCUT2D eigenvalue weighted by Crippen LogP contribution is -2.48. The zero-order valence-electron chi connectivity index (χ0n) is 13.0. The second kappa shape index (κ2) is 6.87.